The van der Waals surface area contributed by atoms with Gasteiger partial charge in [-0.15, -0.1) is 0 Å². The average molecular weight is 257 g/mol. The van der Waals surface area contributed by atoms with Gasteiger partial charge in [-0.3, -0.25) is 4.68 Å². The minimum absolute atomic E-state index is 0.277. The van der Waals surface area contributed by atoms with E-state index >= 15 is 0 Å². The maximum Gasteiger partial charge on any atom is 0.0791 e. The van der Waals surface area contributed by atoms with Crippen molar-refractivity contribution in [3.63, 3.8) is 0 Å². The van der Waals surface area contributed by atoms with E-state index in [4.69, 9.17) is 0 Å². The lowest BCUT2D eigenvalue weighted by molar-refractivity contribution is 0.542. The van der Waals surface area contributed by atoms with Crippen molar-refractivity contribution < 1.29 is 0 Å². The molecule has 0 bridgehead atoms. The summed E-state index contributed by atoms with van der Waals surface area (Å²) in [4.78, 5) is 0. The van der Waals surface area contributed by atoms with Crippen LogP contribution in [0.4, 0.5) is 0 Å². The first-order valence-corrected chi connectivity index (χ1v) is 7.07. The Bertz CT molecular complexity index is 499. The zero-order chi connectivity index (χ0) is 13.7. The van der Waals surface area contributed by atoms with Gasteiger partial charge < -0.3 is 5.32 Å². The van der Waals surface area contributed by atoms with E-state index in [1.54, 1.807) is 0 Å². The number of hydrogen-bond donors (Lipinski definition) is 1. The third-order valence-electron chi connectivity index (χ3n) is 3.47. The molecular weight excluding hydrogens is 234 g/mol. The topological polar surface area (TPSA) is 29.9 Å². The van der Waals surface area contributed by atoms with Gasteiger partial charge in [-0.1, -0.05) is 31.2 Å². The molecule has 19 heavy (non-hydrogen) atoms. The van der Waals surface area contributed by atoms with Crippen LogP contribution in [0.25, 0.3) is 0 Å². The van der Waals surface area contributed by atoms with Crippen molar-refractivity contribution in [2.75, 3.05) is 0 Å². The van der Waals surface area contributed by atoms with Gasteiger partial charge in [-0.25, -0.2) is 0 Å². The van der Waals surface area contributed by atoms with Crippen molar-refractivity contribution in [3.8, 4) is 0 Å². The second-order valence-corrected chi connectivity index (χ2v) is 4.87. The zero-order valence-electron chi connectivity index (χ0n) is 12.1. The molecule has 0 radical (unpaired) electrons. The molecule has 0 saturated carbocycles. The largest absolute Gasteiger partial charge is 0.305 e. The molecule has 0 aliphatic heterocycles. The summed E-state index contributed by atoms with van der Waals surface area (Å²) in [5.41, 5.74) is 3.81. The molecule has 0 saturated heterocycles. The Kier molecular flexibility index (Phi) is 4.74. The van der Waals surface area contributed by atoms with Crippen molar-refractivity contribution in [3.05, 3.63) is 53.3 Å². The van der Waals surface area contributed by atoms with E-state index in [0.29, 0.717) is 0 Å². The van der Waals surface area contributed by atoms with Crippen LogP contribution >= 0.6 is 0 Å². The summed E-state index contributed by atoms with van der Waals surface area (Å²) in [6.45, 7) is 8.24. The first kappa shape index (κ1) is 13.8. The molecule has 3 nitrogen and oxygen atoms in total. The number of aromatic nitrogens is 2. The second kappa shape index (κ2) is 6.53. The Balaban J connectivity index is 1.90. The third kappa shape index (κ3) is 3.67. The molecule has 0 aliphatic rings. The first-order valence-electron chi connectivity index (χ1n) is 7.07. The van der Waals surface area contributed by atoms with Gasteiger partial charge in [-0.05, 0) is 37.5 Å². The van der Waals surface area contributed by atoms with Gasteiger partial charge in [0.1, 0.15) is 0 Å². The highest BCUT2D eigenvalue weighted by Crippen LogP contribution is 2.11. The van der Waals surface area contributed by atoms with Crippen LogP contribution in [-0.4, -0.2) is 9.78 Å². The van der Waals surface area contributed by atoms with Crippen LogP contribution in [0.3, 0.4) is 0 Å². The maximum atomic E-state index is 4.52. The maximum absolute atomic E-state index is 4.52. The van der Waals surface area contributed by atoms with Crippen molar-refractivity contribution in [2.24, 2.45) is 0 Å². The Morgan fingerprint density at radius 2 is 1.79 bits per heavy atom. The predicted molar refractivity (Wildman–Crippen MR) is 79.0 cm³/mol. The van der Waals surface area contributed by atoms with Crippen LogP contribution in [0.5, 0.6) is 0 Å². The number of nitrogens with zero attached hydrogens (tertiary/aromatic N) is 2. The normalized spacial score (nSPS) is 12.6. The highest BCUT2D eigenvalue weighted by Gasteiger charge is 2.07. The molecule has 3 heteroatoms. The van der Waals surface area contributed by atoms with Gasteiger partial charge >= 0.3 is 0 Å². The fourth-order valence-electron chi connectivity index (χ4n) is 2.05. The predicted octanol–water partition coefficient (Wildman–Crippen LogP) is 3.32. The number of benzene rings is 1. The van der Waals surface area contributed by atoms with E-state index in [1.807, 2.05) is 10.9 Å². The Morgan fingerprint density at radius 3 is 2.37 bits per heavy atom. The fourth-order valence-corrected chi connectivity index (χ4v) is 2.05. The molecule has 1 aromatic carbocycles. The van der Waals surface area contributed by atoms with Gasteiger partial charge in [0.2, 0.25) is 0 Å². The van der Waals surface area contributed by atoms with Crippen molar-refractivity contribution in [1.82, 2.24) is 15.1 Å². The summed E-state index contributed by atoms with van der Waals surface area (Å²) in [5, 5.41) is 8.04. The van der Waals surface area contributed by atoms with Crippen LogP contribution in [0.2, 0.25) is 0 Å². The second-order valence-electron chi connectivity index (χ2n) is 4.87. The van der Waals surface area contributed by atoms with E-state index < -0.39 is 0 Å². The van der Waals surface area contributed by atoms with E-state index in [0.717, 1.165) is 25.2 Å². The number of nitrogens with one attached hydrogen (secondary N) is 1. The van der Waals surface area contributed by atoms with Gasteiger partial charge in [0, 0.05) is 25.3 Å². The van der Waals surface area contributed by atoms with E-state index in [1.165, 1.54) is 11.1 Å². The van der Waals surface area contributed by atoms with E-state index in [9.17, 15) is 0 Å². The number of hydrogen-bond acceptors (Lipinski definition) is 2. The highest BCUT2D eigenvalue weighted by molar-refractivity contribution is 5.22. The summed E-state index contributed by atoms with van der Waals surface area (Å²) in [6.07, 6.45) is 3.13. The van der Waals surface area contributed by atoms with Crippen LogP contribution in [0.15, 0.2) is 36.5 Å². The monoisotopic (exact) mass is 257 g/mol. The molecule has 0 aliphatic carbocycles. The summed E-state index contributed by atoms with van der Waals surface area (Å²) >= 11 is 0. The summed E-state index contributed by atoms with van der Waals surface area (Å²) in [7, 11) is 0. The number of aryl methyl sites for hydroxylation is 2. The van der Waals surface area contributed by atoms with Gasteiger partial charge in [0.05, 0.1) is 5.69 Å². The lowest BCUT2D eigenvalue weighted by Crippen LogP contribution is -2.18. The molecule has 2 rings (SSSR count). The van der Waals surface area contributed by atoms with Crippen molar-refractivity contribution in [2.45, 2.75) is 46.3 Å². The third-order valence-corrected chi connectivity index (χ3v) is 3.47. The van der Waals surface area contributed by atoms with E-state index in [-0.39, 0.29) is 6.04 Å². The van der Waals surface area contributed by atoms with Gasteiger partial charge in [0.15, 0.2) is 0 Å². The summed E-state index contributed by atoms with van der Waals surface area (Å²) in [5.74, 6) is 0. The van der Waals surface area contributed by atoms with Crippen molar-refractivity contribution >= 4 is 0 Å². The molecule has 0 fully saturated rings. The lowest BCUT2D eigenvalue weighted by atomic mass is 10.1. The molecule has 1 unspecified atom stereocenters. The first-order chi connectivity index (χ1) is 9.22. The van der Waals surface area contributed by atoms with Crippen LogP contribution in [0.1, 0.15) is 43.6 Å². The molecule has 0 spiro atoms. The van der Waals surface area contributed by atoms with E-state index in [2.05, 4.69) is 61.5 Å². The molecule has 1 atom stereocenters. The standard InChI is InChI=1S/C16H23N3/c1-4-14-6-8-15(9-7-14)12-17-13(3)16-10-11-19(5-2)18-16/h6-11,13,17H,4-5,12H2,1-3H3. The van der Waals surface area contributed by atoms with Crippen LogP contribution in [-0.2, 0) is 19.5 Å². The SMILES string of the molecule is CCc1ccc(CNC(C)c2ccn(CC)n2)cc1. The number of rotatable bonds is 6. The highest BCUT2D eigenvalue weighted by atomic mass is 15.3. The Morgan fingerprint density at radius 1 is 1.11 bits per heavy atom. The molecule has 2 aromatic rings. The Labute approximate surface area is 115 Å². The molecule has 1 N–H and O–H groups in total. The minimum Gasteiger partial charge on any atom is -0.305 e. The zero-order valence-corrected chi connectivity index (χ0v) is 12.1. The van der Waals surface area contributed by atoms with Crippen molar-refractivity contribution in [1.29, 1.82) is 0 Å². The molecule has 1 aromatic heterocycles. The minimum atomic E-state index is 0.277. The summed E-state index contributed by atoms with van der Waals surface area (Å²) < 4.78 is 1.96. The quantitative estimate of drug-likeness (QED) is 0.860. The smallest absolute Gasteiger partial charge is 0.0791 e. The average Bonchev–Trinajstić information content (AvgIpc) is 2.94. The van der Waals surface area contributed by atoms with Crippen LogP contribution < -0.4 is 5.32 Å². The lowest BCUT2D eigenvalue weighted by Gasteiger charge is -2.11. The van der Waals surface area contributed by atoms with Gasteiger partial charge in [-0.2, -0.15) is 5.10 Å². The molecule has 102 valence electrons. The molecule has 1 heterocycles. The Hall–Kier alpha value is -1.61. The van der Waals surface area contributed by atoms with Crippen LogP contribution in [0, 0.1) is 0 Å². The molecule has 0 amide bonds. The fraction of sp³-hybridized carbons (Fsp3) is 0.438. The van der Waals surface area contributed by atoms with Gasteiger partial charge in [0.25, 0.3) is 0 Å². The summed E-state index contributed by atoms with van der Waals surface area (Å²) in [6, 6.07) is 11.2. The molecular formula is C16H23N3.